The molecule has 3 rings (SSSR count). The quantitative estimate of drug-likeness (QED) is 0.853. The largest absolute Gasteiger partial charge is 0.478 e. The molecule has 0 bridgehead atoms. The molecule has 0 spiro atoms. The number of aromatic carboxylic acids is 1. The molecule has 1 aliphatic heterocycles. The highest BCUT2D eigenvalue weighted by molar-refractivity contribution is 5.98. The van der Waals surface area contributed by atoms with Crippen molar-refractivity contribution in [3.05, 3.63) is 70.8 Å². The van der Waals surface area contributed by atoms with Gasteiger partial charge in [-0.3, -0.25) is 9.91 Å². The van der Waals surface area contributed by atoms with Crippen molar-refractivity contribution >= 4 is 12.2 Å². The Morgan fingerprint density at radius 1 is 1.08 bits per heavy atom. The molecular formula is C20H23N3O2. The fourth-order valence-corrected chi connectivity index (χ4v) is 2.91. The van der Waals surface area contributed by atoms with E-state index in [9.17, 15) is 9.90 Å². The Kier molecular flexibility index (Phi) is 5.46. The van der Waals surface area contributed by atoms with Gasteiger partial charge in [-0.15, -0.1) is 0 Å². The molecule has 5 heteroatoms. The molecule has 0 unspecified atom stereocenters. The number of rotatable bonds is 5. The van der Waals surface area contributed by atoms with E-state index in [1.54, 1.807) is 24.4 Å². The van der Waals surface area contributed by atoms with Crippen LogP contribution in [0.5, 0.6) is 0 Å². The van der Waals surface area contributed by atoms with E-state index in [0.717, 1.165) is 32.7 Å². The lowest BCUT2D eigenvalue weighted by molar-refractivity contribution is 0.0696. The number of nitrogens with zero attached hydrogens (tertiary/aromatic N) is 3. The van der Waals surface area contributed by atoms with Crippen molar-refractivity contribution < 1.29 is 9.90 Å². The van der Waals surface area contributed by atoms with Gasteiger partial charge in [-0.2, -0.15) is 5.10 Å². The molecule has 130 valence electrons. The van der Waals surface area contributed by atoms with Crippen LogP contribution < -0.4 is 0 Å². The molecule has 0 atom stereocenters. The summed E-state index contributed by atoms with van der Waals surface area (Å²) in [6.45, 7) is 6.65. The van der Waals surface area contributed by atoms with E-state index in [4.69, 9.17) is 0 Å². The Hall–Kier alpha value is -2.66. The van der Waals surface area contributed by atoms with Crippen LogP contribution in [0.3, 0.4) is 0 Å². The fourth-order valence-electron chi connectivity index (χ4n) is 2.91. The van der Waals surface area contributed by atoms with Gasteiger partial charge in [0.05, 0.1) is 11.8 Å². The number of hydrazone groups is 1. The van der Waals surface area contributed by atoms with Crippen LogP contribution in [0.25, 0.3) is 0 Å². The van der Waals surface area contributed by atoms with E-state index in [1.807, 2.05) is 11.1 Å². The van der Waals surface area contributed by atoms with Crippen LogP contribution in [0.4, 0.5) is 0 Å². The number of hydrogen-bond donors (Lipinski definition) is 1. The van der Waals surface area contributed by atoms with E-state index in [2.05, 4.69) is 41.2 Å². The van der Waals surface area contributed by atoms with Crippen LogP contribution in [-0.4, -0.2) is 53.4 Å². The van der Waals surface area contributed by atoms with Crippen LogP contribution in [0.1, 0.15) is 27.0 Å². The molecule has 0 saturated carbocycles. The average molecular weight is 337 g/mol. The smallest absolute Gasteiger partial charge is 0.336 e. The average Bonchev–Trinajstić information content (AvgIpc) is 2.63. The number of carboxylic acids is 1. The topological polar surface area (TPSA) is 56.1 Å². The number of hydrogen-bond acceptors (Lipinski definition) is 4. The van der Waals surface area contributed by atoms with Gasteiger partial charge in [-0.1, -0.05) is 48.0 Å². The normalized spacial score (nSPS) is 15.6. The molecule has 1 saturated heterocycles. The number of aryl methyl sites for hydroxylation is 1. The summed E-state index contributed by atoms with van der Waals surface area (Å²) in [6, 6.07) is 15.6. The van der Waals surface area contributed by atoms with Gasteiger partial charge in [0.1, 0.15) is 0 Å². The Balaban J connectivity index is 1.54. The third-order valence-electron chi connectivity index (χ3n) is 4.43. The van der Waals surface area contributed by atoms with E-state index in [1.165, 1.54) is 11.1 Å². The number of piperazine rings is 1. The lowest BCUT2D eigenvalue weighted by atomic mass is 10.1. The fraction of sp³-hybridized carbons (Fsp3) is 0.300. The van der Waals surface area contributed by atoms with Crippen molar-refractivity contribution in [3.8, 4) is 0 Å². The Morgan fingerprint density at radius 2 is 1.76 bits per heavy atom. The molecule has 1 heterocycles. The van der Waals surface area contributed by atoms with Gasteiger partial charge in [-0.05, 0) is 18.6 Å². The highest BCUT2D eigenvalue weighted by atomic mass is 16.4. The third kappa shape index (κ3) is 4.67. The van der Waals surface area contributed by atoms with Gasteiger partial charge in [0.2, 0.25) is 0 Å². The molecule has 2 aromatic carbocycles. The van der Waals surface area contributed by atoms with Gasteiger partial charge in [-0.25, -0.2) is 4.79 Å². The van der Waals surface area contributed by atoms with Gasteiger partial charge in [0.25, 0.3) is 0 Å². The first-order chi connectivity index (χ1) is 12.1. The minimum Gasteiger partial charge on any atom is -0.478 e. The van der Waals surface area contributed by atoms with Crippen LogP contribution >= 0.6 is 0 Å². The molecule has 0 radical (unpaired) electrons. The van der Waals surface area contributed by atoms with Gasteiger partial charge < -0.3 is 5.11 Å². The summed E-state index contributed by atoms with van der Waals surface area (Å²) in [5.41, 5.74) is 3.53. The first kappa shape index (κ1) is 17.2. The third-order valence-corrected chi connectivity index (χ3v) is 4.43. The first-order valence-electron chi connectivity index (χ1n) is 8.51. The van der Waals surface area contributed by atoms with Crippen molar-refractivity contribution in [2.75, 3.05) is 26.2 Å². The molecule has 0 aromatic heterocycles. The number of benzene rings is 2. The summed E-state index contributed by atoms with van der Waals surface area (Å²) in [4.78, 5) is 13.6. The summed E-state index contributed by atoms with van der Waals surface area (Å²) >= 11 is 0. The van der Waals surface area contributed by atoms with E-state index < -0.39 is 5.97 Å². The zero-order valence-electron chi connectivity index (χ0n) is 14.4. The van der Waals surface area contributed by atoms with E-state index >= 15 is 0 Å². The lowest BCUT2D eigenvalue weighted by Gasteiger charge is -2.33. The molecule has 1 aliphatic rings. The second-order valence-corrected chi connectivity index (χ2v) is 6.35. The standard InChI is InChI=1S/C20H23N3O2/c1-16-6-8-17(9-7-16)15-22-10-12-23(13-11-22)21-14-18-4-2-3-5-19(18)20(24)25/h2-9,14H,10-13,15H2,1H3,(H,24,25)/b21-14-. The Labute approximate surface area is 148 Å². The second kappa shape index (κ2) is 7.94. The van der Waals surface area contributed by atoms with Gasteiger partial charge in [0.15, 0.2) is 0 Å². The maximum absolute atomic E-state index is 11.2. The molecular weight excluding hydrogens is 314 g/mol. The summed E-state index contributed by atoms with van der Waals surface area (Å²) in [7, 11) is 0. The second-order valence-electron chi connectivity index (χ2n) is 6.35. The van der Waals surface area contributed by atoms with Crippen LogP contribution in [-0.2, 0) is 6.54 Å². The minimum atomic E-state index is -0.926. The molecule has 1 fully saturated rings. The number of carboxylic acid groups (broad SMARTS) is 1. The molecule has 2 aromatic rings. The molecule has 5 nitrogen and oxygen atoms in total. The van der Waals surface area contributed by atoms with Crippen molar-refractivity contribution in [3.63, 3.8) is 0 Å². The SMILES string of the molecule is Cc1ccc(CN2CCN(/N=C\c3ccccc3C(=O)O)CC2)cc1. The molecule has 25 heavy (non-hydrogen) atoms. The monoisotopic (exact) mass is 337 g/mol. The van der Waals surface area contributed by atoms with E-state index in [-0.39, 0.29) is 5.56 Å². The maximum Gasteiger partial charge on any atom is 0.336 e. The van der Waals surface area contributed by atoms with Crippen LogP contribution in [0.15, 0.2) is 53.6 Å². The molecule has 1 N–H and O–H groups in total. The van der Waals surface area contributed by atoms with Gasteiger partial charge in [0, 0.05) is 38.3 Å². The maximum atomic E-state index is 11.2. The summed E-state index contributed by atoms with van der Waals surface area (Å²) in [5.74, 6) is -0.926. The zero-order valence-corrected chi connectivity index (χ0v) is 14.4. The van der Waals surface area contributed by atoms with Crippen molar-refractivity contribution in [1.29, 1.82) is 0 Å². The Morgan fingerprint density at radius 3 is 2.44 bits per heavy atom. The summed E-state index contributed by atoms with van der Waals surface area (Å²) in [6.07, 6.45) is 1.65. The number of carbonyl (C=O) groups is 1. The summed E-state index contributed by atoms with van der Waals surface area (Å²) < 4.78 is 0. The predicted octanol–water partition coefficient (Wildman–Crippen LogP) is 2.84. The predicted molar refractivity (Wildman–Crippen MR) is 99.0 cm³/mol. The Bertz CT molecular complexity index is 748. The van der Waals surface area contributed by atoms with Crippen LogP contribution in [0.2, 0.25) is 0 Å². The van der Waals surface area contributed by atoms with Gasteiger partial charge >= 0.3 is 5.97 Å². The molecule has 0 amide bonds. The zero-order chi connectivity index (χ0) is 17.6. The van der Waals surface area contributed by atoms with Crippen molar-refractivity contribution in [2.24, 2.45) is 5.10 Å². The molecule has 0 aliphatic carbocycles. The highest BCUT2D eigenvalue weighted by Gasteiger charge is 2.15. The summed E-state index contributed by atoms with van der Waals surface area (Å²) in [5, 5.41) is 15.7. The van der Waals surface area contributed by atoms with E-state index in [0.29, 0.717) is 5.56 Å². The lowest BCUT2D eigenvalue weighted by Crippen LogP contribution is -2.43. The van der Waals surface area contributed by atoms with Crippen LogP contribution in [0, 0.1) is 6.92 Å². The van der Waals surface area contributed by atoms with Crippen molar-refractivity contribution in [1.82, 2.24) is 9.91 Å². The first-order valence-corrected chi connectivity index (χ1v) is 8.51. The highest BCUT2D eigenvalue weighted by Crippen LogP contribution is 2.11. The minimum absolute atomic E-state index is 0.282. The van der Waals surface area contributed by atoms with Crippen molar-refractivity contribution in [2.45, 2.75) is 13.5 Å².